The van der Waals surface area contributed by atoms with Gasteiger partial charge in [-0.1, -0.05) is 26.2 Å². The third kappa shape index (κ3) is 5.34. The quantitative estimate of drug-likeness (QED) is 0.443. The van der Waals surface area contributed by atoms with E-state index in [1.54, 1.807) is 0 Å². The molecule has 0 saturated carbocycles. The molecule has 0 aliphatic rings. The predicted octanol–water partition coefficient (Wildman–Crippen LogP) is 3.79. The number of rotatable bonds is 8. The van der Waals surface area contributed by atoms with Gasteiger partial charge in [0, 0.05) is 24.2 Å². The van der Waals surface area contributed by atoms with E-state index in [1.807, 2.05) is 6.92 Å². The fraction of sp³-hybridized carbons (Fsp3) is 0.571. The summed E-state index contributed by atoms with van der Waals surface area (Å²) in [6.45, 7) is 4.51. The summed E-state index contributed by atoms with van der Waals surface area (Å²) >= 11 is 0. The van der Waals surface area contributed by atoms with E-state index < -0.39 is 10.7 Å². The van der Waals surface area contributed by atoms with Crippen molar-refractivity contribution < 1.29 is 9.31 Å². The molecule has 1 aromatic rings. The number of hydrogen-bond acceptors (Lipinski definition) is 3. The molecular weight excluding hydrogens is 247 g/mol. The molecular formula is C14H21FN2O2. The van der Waals surface area contributed by atoms with Crippen LogP contribution in [0.3, 0.4) is 0 Å². The van der Waals surface area contributed by atoms with Crippen molar-refractivity contribution in [3.63, 3.8) is 0 Å². The fourth-order valence-electron chi connectivity index (χ4n) is 1.96. The van der Waals surface area contributed by atoms with Crippen LogP contribution in [-0.2, 0) is 6.54 Å². The summed E-state index contributed by atoms with van der Waals surface area (Å²) in [7, 11) is 0. The van der Waals surface area contributed by atoms with Gasteiger partial charge in [0.25, 0.3) is 5.69 Å². The molecule has 0 amide bonds. The maximum atomic E-state index is 13.1. The molecule has 106 valence electrons. The molecule has 0 aromatic heterocycles. The zero-order valence-corrected chi connectivity index (χ0v) is 11.5. The Hall–Kier alpha value is -1.49. The number of unbranched alkanes of at least 4 members (excludes halogenated alkanes) is 2. The first-order chi connectivity index (χ1) is 9.04. The zero-order chi connectivity index (χ0) is 14.3. The number of benzene rings is 1. The molecule has 1 rings (SSSR count). The number of nitrogens with zero attached hydrogens (tertiary/aromatic N) is 1. The van der Waals surface area contributed by atoms with E-state index in [0.717, 1.165) is 18.9 Å². The molecule has 5 heteroatoms. The van der Waals surface area contributed by atoms with Crippen molar-refractivity contribution in [1.82, 2.24) is 5.32 Å². The summed E-state index contributed by atoms with van der Waals surface area (Å²) in [4.78, 5) is 10.4. The second-order valence-corrected chi connectivity index (χ2v) is 4.81. The summed E-state index contributed by atoms with van der Waals surface area (Å²) in [5.74, 6) is -0.443. The fourth-order valence-corrected chi connectivity index (χ4v) is 1.96. The van der Waals surface area contributed by atoms with E-state index in [1.165, 1.54) is 25.0 Å². The maximum Gasteiger partial charge on any atom is 0.274 e. The third-order valence-corrected chi connectivity index (χ3v) is 3.12. The summed E-state index contributed by atoms with van der Waals surface area (Å²) in [5.41, 5.74) is 0.363. The smallest absolute Gasteiger partial charge is 0.274 e. The Bertz CT molecular complexity index is 424. The van der Waals surface area contributed by atoms with Crippen molar-refractivity contribution >= 4 is 5.69 Å². The maximum absolute atomic E-state index is 13.1. The number of nitro groups is 1. The van der Waals surface area contributed by atoms with Gasteiger partial charge in [0.15, 0.2) is 0 Å². The summed E-state index contributed by atoms with van der Waals surface area (Å²) in [6, 6.07) is 3.83. The van der Waals surface area contributed by atoms with E-state index in [-0.39, 0.29) is 11.7 Å². The van der Waals surface area contributed by atoms with E-state index in [0.29, 0.717) is 12.1 Å². The Kier molecular flexibility index (Phi) is 6.42. The third-order valence-electron chi connectivity index (χ3n) is 3.12. The SMILES string of the molecule is CCCCCC(C)NCc1cc(F)ccc1[N+](=O)[O-]. The molecule has 0 radical (unpaired) electrons. The Morgan fingerprint density at radius 1 is 1.42 bits per heavy atom. The van der Waals surface area contributed by atoms with Gasteiger partial charge in [-0.25, -0.2) is 4.39 Å². The molecule has 0 aliphatic carbocycles. The lowest BCUT2D eigenvalue weighted by molar-refractivity contribution is -0.385. The molecule has 1 atom stereocenters. The average molecular weight is 268 g/mol. The highest BCUT2D eigenvalue weighted by Gasteiger charge is 2.14. The van der Waals surface area contributed by atoms with Crippen LogP contribution in [0, 0.1) is 15.9 Å². The van der Waals surface area contributed by atoms with E-state index in [4.69, 9.17) is 0 Å². The normalized spacial score (nSPS) is 12.4. The van der Waals surface area contributed by atoms with Crippen LogP contribution in [0.25, 0.3) is 0 Å². The van der Waals surface area contributed by atoms with Crippen molar-refractivity contribution in [1.29, 1.82) is 0 Å². The van der Waals surface area contributed by atoms with Crippen molar-refractivity contribution in [2.75, 3.05) is 0 Å². The van der Waals surface area contributed by atoms with E-state index >= 15 is 0 Å². The second kappa shape index (κ2) is 7.84. The zero-order valence-electron chi connectivity index (χ0n) is 11.5. The topological polar surface area (TPSA) is 55.2 Å². The van der Waals surface area contributed by atoms with E-state index in [2.05, 4.69) is 12.2 Å². The largest absolute Gasteiger partial charge is 0.310 e. The monoisotopic (exact) mass is 268 g/mol. The lowest BCUT2D eigenvalue weighted by Crippen LogP contribution is -2.25. The summed E-state index contributed by atoms with van der Waals surface area (Å²) in [5, 5.41) is 14.1. The average Bonchev–Trinajstić information content (AvgIpc) is 2.36. The van der Waals surface area contributed by atoms with Crippen LogP contribution in [0.15, 0.2) is 18.2 Å². The lowest BCUT2D eigenvalue weighted by atomic mass is 10.1. The number of halogens is 1. The van der Waals surface area contributed by atoms with Crippen molar-refractivity contribution in [3.8, 4) is 0 Å². The minimum absolute atomic E-state index is 0.0327. The van der Waals surface area contributed by atoms with Crippen LogP contribution in [-0.4, -0.2) is 11.0 Å². The van der Waals surface area contributed by atoms with Gasteiger partial charge in [-0.2, -0.15) is 0 Å². The number of nitrogens with one attached hydrogen (secondary N) is 1. The number of nitro benzene ring substituents is 1. The molecule has 1 N–H and O–H groups in total. The first-order valence-corrected chi connectivity index (χ1v) is 6.70. The van der Waals surface area contributed by atoms with Crippen molar-refractivity contribution in [2.24, 2.45) is 0 Å². The van der Waals surface area contributed by atoms with Gasteiger partial charge in [-0.05, 0) is 25.5 Å². The first kappa shape index (κ1) is 15.6. The van der Waals surface area contributed by atoms with Crippen molar-refractivity contribution in [2.45, 2.75) is 52.1 Å². The molecule has 0 saturated heterocycles. The molecule has 1 unspecified atom stereocenters. The molecule has 1 aromatic carbocycles. The van der Waals surface area contributed by atoms with Gasteiger partial charge in [0.2, 0.25) is 0 Å². The summed E-state index contributed by atoms with van der Waals surface area (Å²) in [6.07, 6.45) is 4.51. The lowest BCUT2D eigenvalue weighted by Gasteiger charge is -2.13. The van der Waals surface area contributed by atoms with Gasteiger partial charge in [-0.15, -0.1) is 0 Å². The van der Waals surface area contributed by atoms with Crippen LogP contribution >= 0.6 is 0 Å². The second-order valence-electron chi connectivity index (χ2n) is 4.81. The van der Waals surface area contributed by atoms with Crippen LogP contribution in [0.2, 0.25) is 0 Å². The van der Waals surface area contributed by atoms with Crippen LogP contribution in [0.1, 0.15) is 45.1 Å². The van der Waals surface area contributed by atoms with Crippen molar-refractivity contribution in [3.05, 3.63) is 39.7 Å². The minimum atomic E-state index is -0.474. The summed E-state index contributed by atoms with van der Waals surface area (Å²) < 4.78 is 13.1. The molecule has 0 bridgehead atoms. The Morgan fingerprint density at radius 2 is 2.16 bits per heavy atom. The van der Waals surface area contributed by atoms with Gasteiger partial charge in [0.1, 0.15) is 5.82 Å². The molecule has 0 heterocycles. The Morgan fingerprint density at radius 3 is 2.79 bits per heavy atom. The standard InChI is InChI=1S/C14H21FN2O2/c1-3-4-5-6-11(2)16-10-12-9-13(15)7-8-14(12)17(18)19/h7-9,11,16H,3-6,10H2,1-2H3. The molecule has 0 aliphatic heterocycles. The molecule has 0 fully saturated rings. The van der Waals surface area contributed by atoms with Gasteiger partial charge in [-0.3, -0.25) is 10.1 Å². The van der Waals surface area contributed by atoms with Crippen LogP contribution in [0.5, 0.6) is 0 Å². The van der Waals surface area contributed by atoms with Crippen LogP contribution < -0.4 is 5.32 Å². The van der Waals surface area contributed by atoms with Gasteiger partial charge in [0.05, 0.1) is 4.92 Å². The Labute approximate surface area is 113 Å². The van der Waals surface area contributed by atoms with Gasteiger partial charge >= 0.3 is 0 Å². The molecule has 4 nitrogen and oxygen atoms in total. The highest BCUT2D eigenvalue weighted by Crippen LogP contribution is 2.19. The number of hydrogen-bond donors (Lipinski definition) is 1. The van der Waals surface area contributed by atoms with E-state index in [9.17, 15) is 14.5 Å². The van der Waals surface area contributed by atoms with Gasteiger partial charge < -0.3 is 5.32 Å². The highest BCUT2D eigenvalue weighted by molar-refractivity contribution is 5.40. The minimum Gasteiger partial charge on any atom is -0.310 e. The molecule has 19 heavy (non-hydrogen) atoms. The highest BCUT2D eigenvalue weighted by atomic mass is 19.1. The molecule has 0 spiro atoms. The Balaban J connectivity index is 2.56. The predicted molar refractivity (Wildman–Crippen MR) is 73.5 cm³/mol. The first-order valence-electron chi connectivity index (χ1n) is 6.70. The van der Waals surface area contributed by atoms with Crippen LogP contribution in [0.4, 0.5) is 10.1 Å².